The highest BCUT2D eigenvalue weighted by molar-refractivity contribution is 5.88. The smallest absolute Gasteiger partial charge is 0.172 e. The molecule has 1 fully saturated rings. The lowest BCUT2D eigenvalue weighted by molar-refractivity contribution is -0.138. The molecule has 0 heterocycles. The Morgan fingerprint density at radius 1 is 1.20 bits per heavy atom. The number of carbonyl (C=O) groups excluding carboxylic acids is 2. The van der Waals surface area contributed by atoms with Crippen LogP contribution in [0.3, 0.4) is 0 Å². The summed E-state index contributed by atoms with van der Waals surface area (Å²) in [6.45, 7) is 5.74. The number of nitriles is 3. The van der Waals surface area contributed by atoms with Gasteiger partial charge in [-0.2, -0.15) is 15.8 Å². The second-order valence-electron chi connectivity index (χ2n) is 7.57. The summed E-state index contributed by atoms with van der Waals surface area (Å²) in [5, 5.41) is 29.6. The van der Waals surface area contributed by atoms with Crippen molar-refractivity contribution in [2.45, 2.75) is 40.0 Å². The first kappa shape index (κ1) is 18.7. The Morgan fingerprint density at radius 2 is 1.80 bits per heavy atom. The van der Waals surface area contributed by atoms with Crippen molar-refractivity contribution in [1.29, 1.82) is 15.8 Å². The zero-order chi connectivity index (χ0) is 19.0. The van der Waals surface area contributed by atoms with Crippen molar-refractivity contribution in [3.63, 3.8) is 0 Å². The van der Waals surface area contributed by atoms with Crippen molar-refractivity contribution in [1.82, 2.24) is 0 Å². The van der Waals surface area contributed by atoms with Crippen LogP contribution in [0.5, 0.6) is 0 Å². The number of ketones is 1. The van der Waals surface area contributed by atoms with Crippen LogP contribution in [-0.4, -0.2) is 12.1 Å². The van der Waals surface area contributed by atoms with Crippen LogP contribution in [0.4, 0.5) is 0 Å². The number of aldehydes is 1. The first-order chi connectivity index (χ1) is 11.8. The summed E-state index contributed by atoms with van der Waals surface area (Å²) in [6, 6.07) is 5.93. The molecule has 0 bridgehead atoms. The highest BCUT2D eigenvalue weighted by Crippen LogP contribution is 2.61. The van der Waals surface area contributed by atoms with E-state index in [4.69, 9.17) is 5.73 Å². The van der Waals surface area contributed by atoms with Crippen LogP contribution in [-0.2, 0) is 9.59 Å². The molecule has 6 heteroatoms. The van der Waals surface area contributed by atoms with Gasteiger partial charge in [0.15, 0.2) is 5.41 Å². The van der Waals surface area contributed by atoms with E-state index in [2.05, 4.69) is 6.07 Å². The van der Waals surface area contributed by atoms with E-state index in [1.165, 1.54) is 0 Å². The number of hydrogen-bond donors (Lipinski definition) is 1. The minimum Gasteiger partial charge on any atom is -0.400 e. The van der Waals surface area contributed by atoms with Crippen LogP contribution in [0.2, 0.25) is 0 Å². The average molecular weight is 338 g/mol. The van der Waals surface area contributed by atoms with Crippen molar-refractivity contribution in [3.8, 4) is 18.2 Å². The fourth-order valence-corrected chi connectivity index (χ4v) is 4.61. The van der Waals surface area contributed by atoms with E-state index < -0.39 is 16.7 Å². The molecular formula is C19H22N4O2. The molecule has 0 aromatic rings. The molecule has 0 aromatic carbocycles. The predicted octanol–water partition coefficient (Wildman–Crippen LogP) is 2.23. The van der Waals surface area contributed by atoms with E-state index in [1.807, 2.05) is 32.9 Å². The van der Waals surface area contributed by atoms with E-state index in [-0.39, 0.29) is 41.2 Å². The molecule has 2 rings (SSSR count). The van der Waals surface area contributed by atoms with Crippen LogP contribution in [0, 0.1) is 68.5 Å². The Kier molecular flexibility index (Phi) is 4.74. The van der Waals surface area contributed by atoms with Gasteiger partial charge < -0.3 is 5.73 Å². The average Bonchev–Trinajstić information content (AvgIpc) is 2.84. The number of allylic oxidation sites excluding steroid dienone is 2. The minimum atomic E-state index is -1.82. The molecule has 1 saturated carbocycles. The summed E-state index contributed by atoms with van der Waals surface area (Å²) in [5.41, 5.74) is 2.55. The maximum Gasteiger partial charge on any atom is 0.172 e. The SMILES string of the molecule is CC(C)[C@@H]1CC[C@H](C)[C@H]([C@@]2(C#N)C(N)=C(C=O)CC2(C#N)C#N)C1=O. The van der Waals surface area contributed by atoms with Gasteiger partial charge in [-0.15, -0.1) is 0 Å². The van der Waals surface area contributed by atoms with E-state index in [9.17, 15) is 25.4 Å². The monoisotopic (exact) mass is 338 g/mol. The Balaban J connectivity index is 2.77. The molecule has 0 saturated heterocycles. The maximum absolute atomic E-state index is 13.3. The maximum atomic E-state index is 13.3. The molecule has 25 heavy (non-hydrogen) atoms. The topological polar surface area (TPSA) is 132 Å². The summed E-state index contributed by atoms with van der Waals surface area (Å²) in [4.78, 5) is 24.7. The zero-order valence-corrected chi connectivity index (χ0v) is 14.7. The third kappa shape index (κ3) is 2.27. The summed E-state index contributed by atoms with van der Waals surface area (Å²) in [7, 11) is 0. The van der Waals surface area contributed by atoms with Crippen molar-refractivity contribution >= 4 is 12.1 Å². The van der Waals surface area contributed by atoms with E-state index in [0.717, 1.165) is 0 Å². The van der Waals surface area contributed by atoms with Crippen molar-refractivity contribution < 1.29 is 9.59 Å². The first-order valence-electron chi connectivity index (χ1n) is 8.48. The lowest BCUT2D eigenvalue weighted by atomic mass is 9.52. The van der Waals surface area contributed by atoms with Gasteiger partial charge in [0.2, 0.25) is 0 Å². The van der Waals surface area contributed by atoms with Gasteiger partial charge in [0, 0.05) is 29.5 Å². The predicted molar refractivity (Wildman–Crippen MR) is 88.8 cm³/mol. The third-order valence-electron chi connectivity index (χ3n) is 6.05. The quantitative estimate of drug-likeness (QED) is 0.785. The molecule has 0 aromatic heterocycles. The molecule has 2 aliphatic rings. The van der Waals surface area contributed by atoms with E-state index in [0.29, 0.717) is 19.1 Å². The molecule has 2 N–H and O–H groups in total. The number of rotatable bonds is 3. The highest BCUT2D eigenvalue weighted by Gasteiger charge is 2.68. The number of nitrogens with two attached hydrogens (primary N) is 1. The molecule has 0 unspecified atom stereocenters. The van der Waals surface area contributed by atoms with Crippen LogP contribution in [0.1, 0.15) is 40.0 Å². The lowest BCUT2D eigenvalue weighted by Crippen LogP contribution is -2.53. The Morgan fingerprint density at radius 3 is 2.24 bits per heavy atom. The highest BCUT2D eigenvalue weighted by atomic mass is 16.1. The fraction of sp³-hybridized carbons (Fsp3) is 0.632. The third-order valence-corrected chi connectivity index (χ3v) is 6.05. The van der Waals surface area contributed by atoms with Crippen LogP contribution in [0.25, 0.3) is 0 Å². The van der Waals surface area contributed by atoms with Crippen molar-refractivity contribution in [2.24, 2.45) is 40.2 Å². The van der Waals surface area contributed by atoms with Gasteiger partial charge in [0.1, 0.15) is 17.5 Å². The molecule has 0 radical (unpaired) electrons. The van der Waals surface area contributed by atoms with Crippen LogP contribution in [0.15, 0.2) is 11.3 Å². The molecule has 2 aliphatic carbocycles. The van der Waals surface area contributed by atoms with Crippen LogP contribution < -0.4 is 5.73 Å². The molecule has 0 aliphatic heterocycles. The van der Waals surface area contributed by atoms with Gasteiger partial charge in [-0.05, 0) is 24.7 Å². The van der Waals surface area contributed by atoms with Gasteiger partial charge in [-0.3, -0.25) is 9.59 Å². The van der Waals surface area contributed by atoms with Crippen LogP contribution >= 0.6 is 0 Å². The second kappa shape index (κ2) is 6.34. The van der Waals surface area contributed by atoms with Crippen molar-refractivity contribution in [3.05, 3.63) is 11.3 Å². The molecule has 0 amide bonds. The number of carbonyl (C=O) groups is 2. The van der Waals surface area contributed by atoms with Gasteiger partial charge in [0.25, 0.3) is 0 Å². The molecule has 0 spiro atoms. The minimum absolute atomic E-state index is 0.0799. The summed E-state index contributed by atoms with van der Waals surface area (Å²) < 4.78 is 0. The van der Waals surface area contributed by atoms with Gasteiger partial charge in [-0.1, -0.05) is 20.8 Å². The fourth-order valence-electron chi connectivity index (χ4n) is 4.61. The van der Waals surface area contributed by atoms with Gasteiger partial charge in [-0.25, -0.2) is 0 Å². The largest absolute Gasteiger partial charge is 0.400 e. The number of Topliss-reactive ketones (excluding diaryl/α,β-unsaturated/α-hetero) is 1. The Hall–Kier alpha value is -2.65. The summed E-state index contributed by atoms with van der Waals surface area (Å²) in [6.07, 6.45) is 1.70. The summed E-state index contributed by atoms with van der Waals surface area (Å²) >= 11 is 0. The standard InChI is InChI=1S/C19H22N4O2/c1-11(2)14-5-4-12(3)15(16(14)25)19(10-22)17(23)13(7-24)6-18(19,8-20)9-21/h7,11-12,14-15H,4-6,23H2,1-3H3/t12-,14-,15-,19-/m0/s1. The van der Waals surface area contributed by atoms with Gasteiger partial charge in [0.05, 0.1) is 18.2 Å². The Bertz CT molecular complexity index is 748. The molecule has 6 nitrogen and oxygen atoms in total. The number of hydrogen-bond acceptors (Lipinski definition) is 6. The molecule has 130 valence electrons. The first-order valence-corrected chi connectivity index (χ1v) is 8.48. The van der Waals surface area contributed by atoms with E-state index >= 15 is 0 Å². The Labute approximate surface area is 147 Å². The normalized spacial score (nSPS) is 34.3. The lowest BCUT2D eigenvalue weighted by Gasteiger charge is -2.45. The van der Waals surface area contributed by atoms with Gasteiger partial charge >= 0.3 is 0 Å². The van der Waals surface area contributed by atoms with Crippen molar-refractivity contribution in [2.75, 3.05) is 0 Å². The molecular weight excluding hydrogens is 316 g/mol. The van der Waals surface area contributed by atoms with E-state index in [1.54, 1.807) is 0 Å². The molecule has 4 atom stereocenters. The zero-order valence-electron chi connectivity index (χ0n) is 14.7. The summed E-state index contributed by atoms with van der Waals surface area (Å²) in [5.74, 6) is -1.34. The second-order valence-corrected chi connectivity index (χ2v) is 7.57. The number of nitrogens with zero attached hydrogens (tertiary/aromatic N) is 3.